The summed E-state index contributed by atoms with van der Waals surface area (Å²) in [6.07, 6.45) is 5.59. The lowest BCUT2D eigenvalue weighted by molar-refractivity contribution is 0.0930. The molecular formula is C21H23N7O3. The van der Waals surface area contributed by atoms with Gasteiger partial charge in [0.2, 0.25) is 5.88 Å². The molecule has 3 aliphatic rings. The normalized spacial score (nSPS) is 24.0. The molecule has 0 bridgehead atoms. The second kappa shape index (κ2) is 7.09. The number of amides is 1. The van der Waals surface area contributed by atoms with Gasteiger partial charge < -0.3 is 25.4 Å². The molecule has 160 valence electrons. The first-order chi connectivity index (χ1) is 15.2. The van der Waals surface area contributed by atoms with Crippen LogP contribution in [-0.2, 0) is 4.74 Å². The van der Waals surface area contributed by atoms with Crippen LogP contribution in [-0.4, -0.2) is 57.9 Å². The molecule has 3 fully saturated rings. The fourth-order valence-electron chi connectivity index (χ4n) is 4.11. The minimum Gasteiger partial charge on any atom is -0.473 e. The summed E-state index contributed by atoms with van der Waals surface area (Å²) in [7, 11) is 1.80. The first kappa shape index (κ1) is 18.4. The van der Waals surface area contributed by atoms with Crippen LogP contribution in [0.4, 0.5) is 17.3 Å². The Bertz CT molecular complexity index is 1150. The molecule has 2 aliphatic carbocycles. The van der Waals surface area contributed by atoms with Crippen LogP contribution in [0.15, 0.2) is 30.6 Å². The van der Waals surface area contributed by atoms with Crippen LogP contribution < -0.4 is 20.7 Å². The van der Waals surface area contributed by atoms with Gasteiger partial charge in [-0.3, -0.25) is 4.79 Å². The number of ether oxygens (including phenoxy) is 2. The Morgan fingerprint density at radius 1 is 1.29 bits per heavy atom. The third-order valence-corrected chi connectivity index (χ3v) is 6.06. The smallest absolute Gasteiger partial charge is 0.257 e. The average molecular weight is 421 g/mol. The molecule has 3 N–H and O–H groups in total. The third-order valence-electron chi connectivity index (χ3n) is 6.06. The maximum absolute atomic E-state index is 12.9. The van der Waals surface area contributed by atoms with Gasteiger partial charge in [0, 0.05) is 37.2 Å². The number of hydrogen-bond acceptors (Lipinski definition) is 8. The van der Waals surface area contributed by atoms with Gasteiger partial charge in [-0.15, -0.1) is 0 Å². The predicted molar refractivity (Wildman–Crippen MR) is 113 cm³/mol. The van der Waals surface area contributed by atoms with E-state index in [1.807, 2.05) is 18.2 Å². The van der Waals surface area contributed by atoms with Gasteiger partial charge in [0.15, 0.2) is 5.65 Å². The molecule has 0 aromatic carbocycles. The molecule has 10 nitrogen and oxygen atoms in total. The molecule has 3 aromatic heterocycles. The van der Waals surface area contributed by atoms with E-state index in [-0.39, 0.29) is 18.1 Å². The average Bonchev–Trinajstić information content (AvgIpc) is 3.58. The number of fused-ring (bicyclic) bond motifs is 2. The maximum atomic E-state index is 12.9. The lowest BCUT2D eigenvalue weighted by Gasteiger charge is -2.13. The van der Waals surface area contributed by atoms with Crippen molar-refractivity contribution in [3.63, 3.8) is 0 Å². The van der Waals surface area contributed by atoms with Crippen LogP contribution in [0.1, 0.15) is 23.2 Å². The molecule has 1 amide bonds. The quantitative estimate of drug-likeness (QED) is 0.529. The highest BCUT2D eigenvalue weighted by molar-refractivity contribution is 6.00. The van der Waals surface area contributed by atoms with Gasteiger partial charge in [-0.05, 0) is 25.0 Å². The van der Waals surface area contributed by atoms with Gasteiger partial charge in [-0.2, -0.15) is 9.61 Å². The molecule has 0 spiro atoms. The van der Waals surface area contributed by atoms with Crippen LogP contribution in [0, 0.1) is 11.8 Å². The number of nitrogens with one attached hydrogen (secondary N) is 3. The number of carbonyl (C=O) groups excluding carboxylic acids is 1. The molecule has 10 heteroatoms. The first-order valence-corrected chi connectivity index (χ1v) is 10.5. The number of pyridine rings is 1. The Morgan fingerprint density at radius 3 is 2.90 bits per heavy atom. The van der Waals surface area contributed by atoms with E-state index in [2.05, 4.69) is 31.0 Å². The van der Waals surface area contributed by atoms with E-state index in [4.69, 9.17) is 9.47 Å². The van der Waals surface area contributed by atoms with E-state index >= 15 is 0 Å². The highest BCUT2D eigenvalue weighted by atomic mass is 16.5. The van der Waals surface area contributed by atoms with Crippen molar-refractivity contribution in [2.24, 2.45) is 11.8 Å². The lowest BCUT2D eigenvalue weighted by atomic mass is 10.3. The van der Waals surface area contributed by atoms with Crippen molar-refractivity contribution in [2.75, 3.05) is 30.9 Å². The van der Waals surface area contributed by atoms with Crippen molar-refractivity contribution >= 4 is 28.9 Å². The monoisotopic (exact) mass is 421 g/mol. The fraction of sp³-hybridized carbons (Fsp3) is 0.429. The van der Waals surface area contributed by atoms with E-state index < -0.39 is 0 Å². The van der Waals surface area contributed by atoms with Crippen molar-refractivity contribution < 1.29 is 14.3 Å². The first-order valence-electron chi connectivity index (χ1n) is 10.5. The molecule has 31 heavy (non-hydrogen) atoms. The Balaban J connectivity index is 1.30. The number of aromatic nitrogens is 4. The summed E-state index contributed by atoms with van der Waals surface area (Å²) in [6, 6.07) is 5.75. The Hall–Kier alpha value is -3.40. The topological polar surface area (TPSA) is 115 Å². The van der Waals surface area contributed by atoms with Crippen molar-refractivity contribution in [1.82, 2.24) is 24.9 Å². The molecule has 6 rings (SSSR count). The fourth-order valence-corrected chi connectivity index (χ4v) is 4.11. The Morgan fingerprint density at radius 2 is 2.13 bits per heavy atom. The highest BCUT2D eigenvalue weighted by Crippen LogP contribution is 2.44. The minimum absolute atomic E-state index is 0.166. The second-order valence-corrected chi connectivity index (χ2v) is 8.23. The van der Waals surface area contributed by atoms with Crippen molar-refractivity contribution in [1.29, 1.82) is 0 Å². The number of rotatable bonds is 7. The van der Waals surface area contributed by atoms with Gasteiger partial charge in [-0.25, -0.2) is 9.97 Å². The van der Waals surface area contributed by atoms with E-state index in [1.54, 1.807) is 24.0 Å². The largest absolute Gasteiger partial charge is 0.473 e. The molecular weight excluding hydrogens is 398 g/mol. The number of hydrogen-bond donors (Lipinski definition) is 3. The molecule has 4 heterocycles. The van der Waals surface area contributed by atoms with Gasteiger partial charge in [0.25, 0.3) is 5.91 Å². The van der Waals surface area contributed by atoms with E-state index in [1.165, 1.54) is 0 Å². The van der Waals surface area contributed by atoms with Gasteiger partial charge in [-0.1, -0.05) is 0 Å². The summed E-state index contributed by atoms with van der Waals surface area (Å²) >= 11 is 0. The molecule has 3 aromatic rings. The van der Waals surface area contributed by atoms with Gasteiger partial charge >= 0.3 is 0 Å². The van der Waals surface area contributed by atoms with E-state index in [0.29, 0.717) is 40.6 Å². The summed E-state index contributed by atoms with van der Waals surface area (Å²) < 4.78 is 12.9. The molecule has 1 aliphatic heterocycles. The van der Waals surface area contributed by atoms with Crippen LogP contribution in [0.5, 0.6) is 5.88 Å². The predicted octanol–water partition coefficient (Wildman–Crippen LogP) is 1.83. The number of carbonyl (C=O) groups is 1. The maximum Gasteiger partial charge on any atom is 0.257 e. The molecule has 2 saturated carbocycles. The van der Waals surface area contributed by atoms with Crippen LogP contribution in [0.25, 0.3) is 5.65 Å². The zero-order valence-electron chi connectivity index (χ0n) is 17.0. The summed E-state index contributed by atoms with van der Waals surface area (Å²) in [5, 5.41) is 13.9. The van der Waals surface area contributed by atoms with Crippen LogP contribution in [0.3, 0.4) is 0 Å². The molecule has 1 saturated heterocycles. The summed E-state index contributed by atoms with van der Waals surface area (Å²) in [6.45, 7) is 1.44. The second-order valence-electron chi connectivity index (χ2n) is 8.23. The third kappa shape index (κ3) is 3.32. The highest BCUT2D eigenvalue weighted by Gasteiger charge is 2.54. The molecule has 0 radical (unpaired) electrons. The van der Waals surface area contributed by atoms with Gasteiger partial charge in [0.1, 0.15) is 29.0 Å². The van der Waals surface area contributed by atoms with Crippen LogP contribution in [0.2, 0.25) is 0 Å². The summed E-state index contributed by atoms with van der Waals surface area (Å²) in [4.78, 5) is 22.0. The van der Waals surface area contributed by atoms with Crippen molar-refractivity contribution in [3.8, 4) is 5.88 Å². The molecule has 3 atom stereocenters. The SMILES string of the molecule is CNc1cc(Nc2cccnc2OC2CC2)nc2c(C(=O)N[C@H]3[C@@H]4COC[C@@H]43)cnn12. The Labute approximate surface area is 178 Å². The van der Waals surface area contributed by atoms with E-state index in [9.17, 15) is 4.79 Å². The van der Waals surface area contributed by atoms with E-state index in [0.717, 1.165) is 31.7 Å². The lowest BCUT2D eigenvalue weighted by Crippen LogP contribution is -2.29. The number of nitrogens with zero attached hydrogens (tertiary/aromatic N) is 4. The minimum atomic E-state index is -0.166. The van der Waals surface area contributed by atoms with Crippen LogP contribution >= 0.6 is 0 Å². The van der Waals surface area contributed by atoms with Crippen molar-refractivity contribution in [2.45, 2.75) is 25.0 Å². The van der Waals surface area contributed by atoms with Gasteiger partial charge in [0.05, 0.1) is 19.4 Å². The molecule has 0 unspecified atom stereocenters. The Kier molecular flexibility index (Phi) is 4.20. The standard InChI is InChI=1S/C21H23N7O3/c1-22-17-7-16(25-15-3-2-6-23-21(15)31-11-4-5-11)26-19-12(8-24-28(17)19)20(29)27-18-13-9-30-10-14(13)18/h2-3,6-8,11,13-14,18,22H,4-5,9-10H2,1H3,(H,25,26)(H,27,29)/t13-,14+,18+. The zero-order valence-corrected chi connectivity index (χ0v) is 17.0. The number of anilines is 3. The zero-order chi connectivity index (χ0) is 20.9. The van der Waals surface area contributed by atoms with Crippen molar-refractivity contribution in [3.05, 3.63) is 36.2 Å². The summed E-state index contributed by atoms with van der Waals surface area (Å²) in [5.74, 6) is 2.51. The summed E-state index contributed by atoms with van der Waals surface area (Å²) in [5.41, 5.74) is 1.64.